The van der Waals surface area contributed by atoms with Gasteiger partial charge in [0.2, 0.25) is 0 Å². The summed E-state index contributed by atoms with van der Waals surface area (Å²) in [6, 6.07) is 17.9. The number of fused-ring (bicyclic) bond motifs is 2. The summed E-state index contributed by atoms with van der Waals surface area (Å²) in [7, 11) is 1.37. The summed E-state index contributed by atoms with van der Waals surface area (Å²) in [6.45, 7) is 0. The lowest BCUT2D eigenvalue weighted by molar-refractivity contribution is -0.136. The van der Waals surface area contributed by atoms with Crippen LogP contribution >= 0.6 is 23.5 Å². The molecule has 0 aromatic heterocycles. The van der Waals surface area contributed by atoms with Crippen molar-refractivity contribution in [2.75, 3.05) is 18.6 Å². The van der Waals surface area contributed by atoms with E-state index >= 15 is 0 Å². The van der Waals surface area contributed by atoms with E-state index in [-0.39, 0.29) is 15.8 Å². The van der Waals surface area contributed by atoms with Crippen molar-refractivity contribution in [2.24, 2.45) is 0 Å². The number of esters is 1. The molecule has 1 aliphatic heterocycles. The first-order chi connectivity index (χ1) is 12.7. The largest absolute Gasteiger partial charge is 0.507 e. The SMILES string of the molecule is COC(=O)C1=C(O)c2ccccc2C2(SCCCS2)C1c1ccccc1. The van der Waals surface area contributed by atoms with Gasteiger partial charge in [-0.15, -0.1) is 23.5 Å². The van der Waals surface area contributed by atoms with E-state index in [4.69, 9.17) is 4.74 Å². The number of benzene rings is 2. The molecule has 2 aliphatic rings. The van der Waals surface area contributed by atoms with Crippen LogP contribution in [0.2, 0.25) is 0 Å². The first-order valence-corrected chi connectivity index (χ1v) is 10.6. The van der Waals surface area contributed by atoms with Gasteiger partial charge in [-0.1, -0.05) is 54.6 Å². The summed E-state index contributed by atoms with van der Waals surface area (Å²) < 4.78 is 4.74. The molecule has 1 aliphatic carbocycles. The second-order valence-electron chi connectivity index (χ2n) is 6.36. The number of thioether (sulfide) groups is 2. The molecule has 1 spiro atoms. The van der Waals surface area contributed by atoms with E-state index < -0.39 is 5.97 Å². The second kappa shape index (κ2) is 7.05. The van der Waals surface area contributed by atoms with Gasteiger partial charge in [0.25, 0.3) is 0 Å². The lowest BCUT2D eigenvalue weighted by atomic mass is 9.77. The molecule has 0 bridgehead atoms. The molecule has 26 heavy (non-hydrogen) atoms. The number of rotatable bonds is 2. The topological polar surface area (TPSA) is 46.5 Å². The summed E-state index contributed by atoms with van der Waals surface area (Å²) >= 11 is 3.75. The summed E-state index contributed by atoms with van der Waals surface area (Å²) in [5, 5.41) is 11.0. The molecular formula is C21H20O3S2. The zero-order valence-electron chi connectivity index (χ0n) is 14.5. The van der Waals surface area contributed by atoms with Crippen LogP contribution in [0.15, 0.2) is 60.2 Å². The summed E-state index contributed by atoms with van der Waals surface area (Å²) in [5.41, 5.74) is 3.21. The van der Waals surface area contributed by atoms with Gasteiger partial charge in [-0.2, -0.15) is 0 Å². The number of carbonyl (C=O) groups is 1. The predicted molar refractivity (Wildman–Crippen MR) is 108 cm³/mol. The van der Waals surface area contributed by atoms with E-state index in [0.717, 1.165) is 34.6 Å². The first-order valence-electron chi connectivity index (χ1n) is 8.63. The Bertz CT molecular complexity index is 855. The minimum absolute atomic E-state index is 0.0405. The smallest absolute Gasteiger partial charge is 0.338 e. The van der Waals surface area contributed by atoms with E-state index in [9.17, 15) is 9.90 Å². The van der Waals surface area contributed by atoms with Gasteiger partial charge in [0.05, 0.1) is 16.8 Å². The molecule has 1 fully saturated rings. The number of methoxy groups -OCH3 is 1. The third-order valence-electron chi connectivity index (χ3n) is 4.94. The minimum Gasteiger partial charge on any atom is -0.507 e. The van der Waals surface area contributed by atoms with Crippen LogP contribution in [-0.2, 0) is 13.6 Å². The fourth-order valence-electron chi connectivity index (χ4n) is 3.85. The Morgan fingerprint density at radius 1 is 1.08 bits per heavy atom. The van der Waals surface area contributed by atoms with Crippen LogP contribution in [0.4, 0.5) is 0 Å². The molecule has 0 amide bonds. The average molecular weight is 385 g/mol. The maximum Gasteiger partial charge on any atom is 0.338 e. The van der Waals surface area contributed by atoms with Crippen LogP contribution in [0.1, 0.15) is 29.0 Å². The molecule has 0 saturated carbocycles. The van der Waals surface area contributed by atoms with Crippen LogP contribution in [0.5, 0.6) is 0 Å². The Hall–Kier alpha value is -1.85. The lowest BCUT2D eigenvalue weighted by Crippen LogP contribution is -2.38. The third-order valence-corrected chi connectivity index (χ3v) is 8.40. The maximum absolute atomic E-state index is 12.7. The van der Waals surface area contributed by atoms with Gasteiger partial charge in [0.1, 0.15) is 5.76 Å². The normalized spacial score (nSPS) is 21.3. The number of ether oxygens (including phenoxy) is 1. The van der Waals surface area contributed by atoms with Crippen molar-refractivity contribution in [1.82, 2.24) is 0 Å². The number of aliphatic hydroxyl groups excluding tert-OH is 1. The monoisotopic (exact) mass is 384 g/mol. The first kappa shape index (κ1) is 17.6. The standard InChI is InChI=1S/C21H20O3S2/c1-24-20(23)17-18(14-8-3-2-4-9-14)21(25-12-7-13-26-21)16-11-6-5-10-15(16)19(17)22/h2-6,8-11,18,22H,7,12-13H2,1H3. The molecule has 1 heterocycles. The highest BCUT2D eigenvalue weighted by atomic mass is 32.2. The molecular weight excluding hydrogens is 364 g/mol. The highest BCUT2D eigenvalue weighted by Crippen LogP contribution is 2.64. The maximum atomic E-state index is 12.7. The minimum atomic E-state index is -0.461. The zero-order chi connectivity index (χ0) is 18.1. The van der Waals surface area contributed by atoms with Gasteiger partial charge in [-0.25, -0.2) is 4.79 Å². The Morgan fingerprint density at radius 3 is 2.42 bits per heavy atom. The van der Waals surface area contributed by atoms with Crippen LogP contribution in [0.3, 0.4) is 0 Å². The van der Waals surface area contributed by atoms with Crippen LogP contribution in [0, 0.1) is 0 Å². The summed E-state index contributed by atoms with van der Waals surface area (Å²) in [5.74, 6) is 1.37. The fraction of sp³-hybridized carbons (Fsp3) is 0.286. The Labute approximate surface area is 161 Å². The molecule has 1 saturated heterocycles. The highest BCUT2D eigenvalue weighted by Gasteiger charge is 2.52. The highest BCUT2D eigenvalue weighted by molar-refractivity contribution is 8.18. The molecule has 2 aromatic carbocycles. The third kappa shape index (κ3) is 2.65. The Kier molecular flexibility index (Phi) is 4.76. The number of carbonyl (C=O) groups excluding carboxylic acids is 1. The van der Waals surface area contributed by atoms with Gasteiger partial charge in [0, 0.05) is 11.5 Å². The van der Waals surface area contributed by atoms with Gasteiger partial charge < -0.3 is 9.84 Å². The molecule has 134 valence electrons. The van der Waals surface area contributed by atoms with Crippen LogP contribution < -0.4 is 0 Å². The molecule has 1 atom stereocenters. The van der Waals surface area contributed by atoms with Crippen molar-refractivity contribution in [3.8, 4) is 0 Å². The van der Waals surface area contributed by atoms with Crippen molar-refractivity contribution >= 4 is 35.3 Å². The molecule has 1 unspecified atom stereocenters. The molecule has 0 radical (unpaired) electrons. The fourth-order valence-corrected chi connectivity index (χ4v) is 7.56. The van der Waals surface area contributed by atoms with Crippen LogP contribution in [0.25, 0.3) is 5.76 Å². The Balaban J connectivity index is 2.03. The van der Waals surface area contributed by atoms with E-state index in [0.29, 0.717) is 5.57 Å². The quantitative estimate of drug-likeness (QED) is 0.743. The zero-order valence-corrected chi connectivity index (χ0v) is 16.1. The van der Waals surface area contributed by atoms with Crippen molar-refractivity contribution in [1.29, 1.82) is 0 Å². The predicted octanol–water partition coefficient (Wildman–Crippen LogP) is 4.95. The number of aliphatic hydroxyl groups is 1. The molecule has 3 nitrogen and oxygen atoms in total. The second-order valence-corrected chi connectivity index (χ2v) is 9.30. The molecule has 5 heteroatoms. The Morgan fingerprint density at radius 2 is 1.73 bits per heavy atom. The summed E-state index contributed by atoms with van der Waals surface area (Å²) in [4.78, 5) is 12.7. The van der Waals surface area contributed by atoms with Gasteiger partial charge >= 0.3 is 5.97 Å². The average Bonchev–Trinajstić information content (AvgIpc) is 2.71. The molecule has 1 N–H and O–H groups in total. The van der Waals surface area contributed by atoms with Crippen molar-refractivity contribution in [3.63, 3.8) is 0 Å². The van der Waals surface area contributed by atoms with Crippen LogP contribution in [-0.4, -0.2) is 29.7 Å². The summed E-state index contributed by atoms with van der Waals surface area (Å²) in [6.07, 6.45) is 1.14. The van der Waals surface area contributed by atoms with Gasteiger partial charge in [-0.05, 0) is 29.1 Å². The van der Waals surface area contributed by atoms with E-state index in [1.807, 2.05) is 72.1 Å². The molecule has 4 rings (SSSR count). The van der Waals surface area contributed by atoms with E-state index in [1.165, 1.54) is 7.11 Å². The van der Waals surface area contributed by atoms with Crippen molar-refractivity contribution in [2.45, 2.75) is 16.4 Å². The van der Waals surface area contributed by atoms with Gasteiger partial charge in [-0.3, -0.25) is 0 Å². The van der Waals surface area contributed by atoms with Gasteiger partial charge in [0.15, 0.2) is 0 Å². The number of hydrogen-bond acceptors (Lipinski definition) is 5. The number of hydrogen-bond donors (Lipinski definition) is 1. The lowest BCUT2D eigenvalue weighted by Gasteiger charge is -2.46. The van der Waals surface area contributed by atoms with Crippen molar-refractivity contribution in [3.05, 3.63) is 76.9 Å². The van der Waals surface area contributed by atoms with Crippen molar-refractivity contribution < 1.29 is 14.6 Å². The van der Waals surface area contributed by atoms with E-state index in [2.05, 4.69) is 6.07 Å². The van der Waals surface area contributed by atoms with E-state index in [1.54, 1.807) is 0 Å². The molecule has 2 aromatic rings.